The standard InChI is InChI=1S/C15H20O6/c1-9-2-3-12(14(16)20-7-10-5-18-10)13(4-9)15(17)21-8-11-6-19-11/h9-11H,2-8H2,1H3. The summed E-state index contributed by atoms with van der Waals surface area (Å²) in [6.07, 6.45) is 2.06. The van der Waals surface area contributed by atoms with Gasteiger partial charge in [-0.2, -0.15) is 0 Å². The molecule has 21 heavy (non-hydrogen) atoms. The first-order valence-corrected chi connectivity index (χ1v) is 7.43. The Balaban J connectivity index is 1.64. The fraction of sp³-hybridized carbons (Fsp3) is 0.733. The van der Waals surface area contributed by atoms with Crippen LogP contribution in [0, 0.1) is 5.92 Å². The molecule has 3 rings (SSSR count). The lowest BCUT2D eigenvalue weighted by atomic mass is 9.85. The van der Waals surface area contributed by atoms with Gasteiger partial charge in [-0.15, -0.1) is 0 Å². The van der Waals surface area contributed by atoms with Crippen molar-refractivity contribution in [1.29, 1.82) is 0 Å². The third-order valence-corrected chi connectivity index (χ3v) is 3.90. The Kier molecular flexibility index (Phi) is 4.26. The van der Waals surface area contributed by atoms with Gasteiger partial charge in [0.05, 0.1) is 13.2 Å². The van der Waals surface area contributed by atoms with Crippen LogP contribution in [0.25, 0.3) is 0 Å². The summed E-state index contributed by atoms with van der Waals surface area (Å²) in [6.45, 7) is 3.86. The monoisotopic (exact) mass is 296 g/mol. The molecule has 6 heteroatoms. The Morgan fingerprint density at radius 2 is 1.57 bits per heavy atom. The van der Waals surface area contributed by atoms with Crippen molar-refractivity contribution >= 4 is 11.9 Å². The lowest BCUT2D eigenvalue weighted by Crippen LogP contribution is -2.24. The van der Waals surface area contributed by atoms with E-state index in [4.69, 9.17) is 18.9 Å². The van der Waals surface area contributed by atoms with Crippen LogP contribution in [0.2, 0.25) is 0 Å². The van der Waals surface area contributed by atoms with Gasteiger partial charge < -0.3 is 18.9 Å². The quantitative estimate of drug-likeness (QED) is 0.537. The van der Waals surface area contributed by atoms with E-state index in [1.807, 2.05) is 0 Å². The molecule has 0 spiro atoms. The van der Waals surface area contributed by atoms with Gasteiger partial charge in [0.25, 0.3) is 0 Å². The molecule has 0 N–H and O–H groups in total. The summed E-state index contributed by atoms with van der Waals surface area (Å²) in [7, 11) is 0. The number of epoxide rings is 2. The molecule has 2 fully saturated rings. The molecule has 116 valence electrons. The molecule has 0 saturated carbocycles. The van der Waals surface area contributed by atoms with Gasteiger partial charge in [-0.1, -0.05) is 6.92 Å². The lowest BCUT2D eigenvalue weighted by Gasteiger charge is -2.22. The van der Waals surface area contributed by atoms with Gasteiger partial charge in [0.2, 0.25) is 0 Å². The third-order valence-electron chi connectivity index (χ3n) is 3.90. The predicted molar refractivity (Wildman–Crippen MR) is 71.4 cm³/mol. The number of hydrogen-bond donors (Lipinski definition) is 0. The Morgan fingerprint density at radius 1 is 1.05 bits per heavy atom. The Labute approximate surface area is 123 Å². The zero-order chi connectivity index (χ0) is 14.8. The summed E-state index contributed by atoms with van der Waals surface area (Å²) in [5, 5.41) is 0. The molecule has 0 aromatic heterocycles. The molecule has 6 nitrogen and oxygen atoms in total. The van der Waals surface area contributed by atoms with Crippen LogP contribution >= 0.6 is 0 Å². The molecule has 2 heterocycles. The first-order valence-electron chi connectivity index (χ1n) is 7.43. The van der Waals surface area contributed by atoms with Crippen molar-refractivity contribution in [3.63, 3.8) is 0 Å². The SMILES string of the molecule is CC1CCC(C(=O)OCC2CO2)=C(C(=O)OCC2CO2)C1. The van der Waals surface area contributed by atoms with Crippen LogP contribution in [-0.4, -0.2) is 50.6 Å². The van der Waals surface area contributed by atoms with Crippen molar-refractivity contribution in [3.8, 4) is 0 Å². The van der Waals surface area contributed by atoms with E-state index in [0.29, 0.717) is 43.1 Å². The summed E-state index contributed by atoms with van der Waals surface area (Å²) < 4.78 is 20.4. The van der Waals surface area contributed by atoms with E-state index in [9.17, 15) is 9.59 Å². The third kappa shape index (κ3) is 4.04. The summed E-state index contributed by atoms with van der Waals surface area (Å²) in [5.74, 6) is -0.452. The smallest absolute Gasteiger partial charge is 0.334 e. The highest BCUT2D eigenvalue weighted by Gasteiger charge is 2.32. The van der Waals surface area contributed by atoms with Gasteiger partial charge in [-0.25, -0.2) is 9.59 Å². The molecule has 0 bridgehead atoms. The first-order chi connectivity index (χ1) is 10.1. The minimum Gasteiger partial charge on any atom is -0.459 e. The van der Waals surface area contributed by atoms with Crippen LogP contribution in [-0.2, 0) is 28.5 Å². The Morgan fingerprint density at radius 3 is 2.10 bits per heavy atom. The number of esters is 2. The minimum atomic E-state index is -0.410. The Hall–Kier alpha value is -1.40. The van der Waals surface area contributed by atoms with Gasteiger partial charge >= 0.3 is 11.9 Å². The maximum atomic E-state index is 12.2. The zero-order valence-electron chi connectivity index (χ0n) is 12.1. The second kappa shape index (κ2) is 6.15. The van der Waals surface area contributed by atoms with Crippen LogP contribution in [0.4, 0.5) is 0 Å². The summed E-state index contributed by atoms with van der Waals surface area (Å²) >= 11 is 0. The average Bonchev–Trinajstić information content (AvgIpc) is 3.36. The van der Waals surface area contributed by atoms with Crippen molar-refractivity contribution in [3.05, 3.63) is 11.1 Å². The zero-order valence-corrected chi connectivity index (χ0v) is 12.1. The summed E-state index contributed by atoms with van der Waals surface area (Å²) in [6, 6.07) is 0. The number of rotatable bonds is 6. The average molecular weight is 296 g/mol. The van der Waals surface area contributed by atoms with E-state index in [1.54, 1.807) is 0 Å². The fourth-order valence-electron chi connectivity index (χ4n) is 2.39. The number of carbonyl (C=O) groups is 2. The fourth-order valence-corrected chi connectivity index (χ4v) is 2.39. The highest BCUT2D eigenvalue weighted by atomic mass is 16.6. The first kappa shape index (κ1) is 14.5. The lowest BCUT2D eigenvalue weighted by molar-refractivity contribution is -0.143. The molecule has 0 amide bonds. The molecule has 2 saturated heterocycles. The van der Waals surface area contributed by atoms with Crippen LogP contribution in [0.15, 0.2) is 11.1 Å². The van der Waals surface area contributed by atoms with Crippen LogP contribution in [0.1, 0.15) is 26.2 Å². The van der Waals surface area contributed by atoms with E-state index in [1.165, 1.54) is 0 Å². The normalized spacial score (nSPS) is 30.8. The molecule has 0 aromatic carbocycles. The van der Waals surface area contributed by atoms with E-state index < -0.39 is 11.9 Å². The van der Waals surface area contributed by atoms with E-state index in [0.717, 1.165) is 6.42 Å². The van der Waals surface area contributed by atoms with Gasteiger partial charge in [0.15, 0.2) is 0 Å². The molecular formula is C15H20O6. The molecular weight excluding hydrogens is 276 g/mol. The second-order valence-electron chi connectivity index (χ2n) is 5.91. The molecule has 2 aliphatic heterocycles. The van der Waals surface area contributed by atoms with Crippen LogP contribution in [0.3, 0.4) is 0 Å². The molecule has 3 aliphatic rings. The minimum absolute atomic E-state index is 0.0259. The number of hydrogen-bond acceptors (Lipinski definition) is 6. The van der Waals surface area contributed by atoms with Gasteiger partial charge in [-0.05, 0) is 25.2 Å². The number of ether oxygens (including phenoxy) is 4. The molecule has 0 radical (unpaired) electrons. The highest BCUT2D eigenvalue weighted by Crippen LogP contribution is 2.31. The predicted octanol–water partition coefficient (Wildman–Crippen LogP) is 0.987. The maximum Gasteiger partial charge on any atom is 0.334 e. The van der Waals surface area contributed by atoms with Crippen molar-refractivity contribution in [2.24, 2.45) is 5.92 Å². The maximum absolute atomic E-state index is 12.2. The van der Waals surface area contributed by atoms with E-state index >= 15 is 0 Å². The van der Waals surface area contributed by atoms with E-state index in [-0.39, 0.29) is 25.4 Å². The molecule has 3 unspecified atom stereocenters. The van der Waals surface area contributed by atoms with Crippen molar-refractivity contribution < 1.29 is 28.5 Å². The topological polar surface area (TPSA) is 77.7 Å². The van der Waals surface area contributed by atoms with Crippen molar-refractivity contribution in [2.45, 2.75) is 38.4 Å². The molecule has 0 aromatic rings. The summed E-state index contributed by atoms with van der Waals surface area (Å²) in [5.41, 5.74) is 0.937. The highest BCUT2D eigenvalue weighted by molar-refractivity contribution is 6.00. The van der Waals surface area contributed by atoms with Crippen LogP contribution < -0.4 is 0 Å². The summed E-state index contributed by atoms with van der Waals surface area (Å²) in [4.78, 5) is 24.3. The second-order valence-corrected chi connectivity index (χ2v) is 5.91. The largest absolute Gasteiger partial charge is 0.459 e. The van der Waals surface area contributed by atoms with Gasteiger partial charge in [-0.3, -0.25) is 0 Å². The molecule has 3 atom stereocenters. The van der Waals surface area contributed by atoms with Gasteiger partial charge in [0.1, 0.15) is 25.4 Å². The number of carbonyl (C=O) groups excluding carboxylic acids is 2. The van der Waals surface area contributed by atoms with Crippen molar-refractivity contribution in [1.82, 2.24) is 0 Å². The van der Waals surface area contributed by atoms with Gasteiger partial charge in [0, 0.05) is 11.1 Å². The molecule has 1 aliphatic carbocycles. The Bertz CT molecular complexity index is 461. The van der Waals surface area contributed by atoms with E-state index in [2.05, 4.69) is 6.92 Å². The van der Waals surface area contributed by atoms with Crippen LogP contribution in [0.5, 0.6) is 0 Å². The van der Waals surface area contributed by atoms with Crippen molar-refractivity contribution in [2.75, 3.05) is 26.4 Å².